The van der Waals surface area contributed by atoms with Gasteiger partial charge < -0.3 is 9.79 Å². The number of amides is 1. The molecule has 0 aromatic rings. The second kappa shape index (κ2) is 5.05. The van der Waals surface area contributed by atoms with Crippen LogP contribution in [-0.4, -0.2) is 32.2 Å². The SMILES string of the molecule is CCC(C)(N[C@@H](C)C(=O)NO)P(=O)(O)O. The summed E-state index contributed by atoms with van der Waals surface area (Å²) in [5.74, 6) is -0.747. The van der Waals surface area contributed by atoms with Gasteiger partial charge in [-0.05, 0) is 20.3 Å². The van der Waals surface area contributed by atoms with Crippen LogP contribution >= 0.6 is 7.60 Å². The number of hydrogen-bond donors (Lipinski definition) is 5. The van der Waals surface area contributed by atoms with E-state index in [9.17, 15) is 9.36 Å². The van der Waals surface area contributed by atoms with Crippen LogP contribution in [0.3, 0.4) is 0 Å². The molecule has 0 aliphatic heterocycles. The molecule has 0 aromatic carbocycles. The Hall–Kier alpha value is -0.460. The first-order valence-electron chi connectivity index (χ1n) is 4.45. The first-order chi connectivity index (χ1) is 6.68. The van der Waals surface area contributed by atoms with E-state index in [0.29, 0.717) is 0 Å². The van der Waals surface area contributed by atoms with Crippen LogP contribution in [0.15, 0.2) is 0 Å². The normalized spacial score (nSPS) is 18.0. The predicted molar refractivity (Wildman–Crippen MR) is 53.3 cm³/mol. The van der Waals surface area contributed by atoms with Gasteiger partial charge in [0.1, 0.15) is 5.28 Å². The van der Waals surface area contributed by atoms with E-state index in [2.05, 4.69) is 5.32 Å². The molecule has 0 aliphatic carbocycles. The Morgan fingerprint density at radius 2 is 2.00 bits per heavy atom. The fourth-order valence-corrected chi connectivity index (χ4v) is 1.79. The minimum Gasteiger partial charge on any atom is -0.323 e. The van der Waals surface area contributed by atoms with Gasteiger partial charge in [0.25, 0.3) is 5.91 Å². The van der Waals surface area contributed by atoms with E-state index in [1.165, 1.54) is 19.3 Å². The third kappa shape index (κ3) is 3.55. The molecule has 2 atom stereocenters. The molecule has 90 valence electrons. The molecule has 5 N–H and O–H groups in total. The lowest BCUT2D eigenvalue weighted by molar-refractivity contribution is -0.131. The highest BCUT2D eigenvalue weighted by Gasteiger charge is 2.42. The average Bonchev–Trinajstić information content (AvgIpc) is 2.14. The van der Waals surface area contributed by atoms with Crippen molar-refractivity contribution in [2.45, 2.75) is 38.5 Å². The van der Waals surface area contributed by atoms with E-state index >= 15 is 0 Å². The molecule has 0 rings (SSSR count). The molecule has 0 saturated carbocycles. The number of hydroxylamine groups is 1. The third-order valence-corrected chi connectivity index (χ3v) is 4.09. The lowest BCUT2D eigenvalue weighted by Crippen LogP contribution is -2.52. The van der Waals surface area contributed by atoms with Crippen LogP contribution in [0.2, 0.25) is 0 Å². The van der Waals surface area contributed by atoms with Crippen LogP contribution in [0.25, 0.3) is 0 Å². The van der Waals surface area contributed by atoms with Gasteiger partial charge >= 0.3 is 7.60 Å². The Bertz CT molecular complexity index is 279. The summed E-state index contributed by atoms with van der Waals surface area (Å²) in [6, 6.07) is -0.896. The number of carbonyl (C=O) groups excluding carboxylic acids is 1. The topological polar surface area (TPSA) is 119 Å². The highest BCUT2D eigenvalue weighted by atomic mass is 31.2. The Morgan fingerprint density at radius 1 is 1.53 bits per heavy atom. The monoisotopic (exact) mass is 240 g/mol. The molecule has 1 amide bonds. The van der Waals surface area contributed by atoms with Crippen molar-refractivity contribution in [3.63, 3.8) is 0 Å². The Balaban J connectivity index is 4.73. The molecule has 0 bridgehead atoms. The molecule has 1 unspecified atom stereocenters. The molecule has 0 fully saturated rings. The van der Waals surface area contributed by atoms with Crippen molar-refractivity contribution in [3.8, 4) is 0 Å². The second-order valence-electron chi connectivity index (χ2n) is 3.51. The molecule has 7 nitrogen and oxygen atoms in total. The van der Waals surface area contributed by atoms with Gasteiger partial charge in [-0.2, -0.15) is 0 Å². The Morgan fingerprint density at radius 3 is 2.27 bits per heavy atom. The maximum absolute atomic E-state index is 11.2. The standard InChI is InChI=1S/C7H17N2O5P/c1-4-7(3,15(12,13)14)8-5(2)6(10)9-11/h5,8,11H,4H2,1-3H3,(H,9,10)(H2,12,13,14)/t5-,7?/m0/s1. The number of rotatable bonds is 5. The second-order valence-corrected chi connectivity index (χ2v) is 5.59. The van der Waals surface area contributed by atoms with Crippen molar-refractivity contribution in [3.05, 3.63) is 0 Å². The highest BCUT2D eigenvalue weighted by Crippen LogP contribution is 2.50. The summed E-state index contributed by atoms with van der Waals surface area (Å²) in [5, 5.41) is 9.37. The maximum atomic E-state index is 11.2. The van der Waals surface area contributed by atoms with E-state index in [1.54, 1.807) is 6.92 Å². The minimum atomic E-state index is -4.36. The van der Waals surface area contributed by atoms with Gasteiger partial charge in [-0.1, -0.05) is 6.92 Å². The summed E-state index contributed by atoms with van der Waals surface area (Å²) >= 11 is 0. The van der Waals surface area contributed by atoms with E-state index in [0.717, 1.165) is 0 Å². The van der Waals surface area contributed by atoms with Gasteiger partial charge in [0.05, 0.1) is 6.04 Å². The molecule has 0 aliphatic rings. The lowest BCUT2D eigenvalue weighted by Gasteiger charge is -2.32. The molecule has 15 heavy (non-hydrogen) atoms. The van der Waals surface area contributed by atoms with Gasteiger partial charge in [-0.15, -0.1) is 0 Å². The van der Waals surface area contributed by atoms with Gasteiger partial charge in [0, 0.05) is 0 Å². The van der Waals surface area contributed by atoms with Crippen LogP contribution in [0.5, 0.6) is 0 Å². The van der Waals surface area contributed by atoms with Crippen LogP contribution in [0.4, 0.5) is 0 Å². The molecular formula is C7H17N2O5P. The zero-order valence-electron chi connectivity index (χ0n) is 8.89. The fraction of sp³-hybridized carbons (Fsp3) is 0.857. The van der Waals surface area contributed by atoms with E-state index < -0.39 is 24.8 Å². The van der Waals surface area contributed by atoms with Gasteiger partial charge in [-0.25, -0.2) is 5.48 Å². The minimum absolute atomic E-state index is 0.153. The van der Waals surface area contributed by atoms with Gasteiger partial charge in [0.2, 0.25) is 0 Å². The fourth-order valence-electron chi connectivity index (χ4n) is 1.02. The molecular weight excluding hydrogens is 223 g/mol. The first kappa shape index (κ1) is 14.5. The molecule has 8 heteroatoms. The summed E-state index contributed by atoms with van der Waals surface area (Å²) in [7, 11) is -4.36. The van der Waals surface area contributed by atoms with E-state index in [1.807, 2.05) is 0 Å². The van der Waals surface area contributed by atoms with Crippen molar-refractivity contribution >= 4 is 13.5 Å². The quantitative estimate of drug-likeness (QED) is 0.257. The van der Waals surface area contributed by atoms with Crippen LogP contribution in [-0.2, 0) is 9.36 Å². The van der Waals surface area contributed by atoms with Crippen molar-refractivity contribution < 1.29 is 24.4 Å². The summed E-state index contributed by atoms with van der Waals surface area (Å²) in [6.07, 6.45) is 0.153. The average molecular weight is 240 g/mol. The molecule has 0 spiro atoms. The number of hydrogen-bond acceptors (Lipinski definition) is 4. The predicted octanol–water partition coefficient (Wildman–Crippen LogP) is -0.226. The number of nitrogens with one attached hydrogen (secondary N) is 2. The third-order valence-electron chi connectivity index (χ3n) is 2.36. The number of carbonyl (C=O) groups is 1. The van der Waals surface area contributed by atoms with Crippen molar-refractivity contribution in [1.82, 2.24) is 10.8 Å². The summed E-state index contributed by atoms with van der Waals surface area (Å²) in [5.41, 5.74) is 1.41. The smallest absolute Gasteiger partial charge is 0.323 e. The molecule has 0 heterocycles. The van der Waals surface area contributed by atoms with Crippen LogP contribution in [0.1, 0.15) is 27.2 Å². The van der Waals surface area contributed by atoms with Crippen molar-refractivity contribution in [2.75, 3.05) is 0 Å². The highest BCUT2D eigenvalue weighted by molar-refractivity contribution is 7.53. The molecule has 0 saturated heterocycles. The summed E-state index contributed by atoms with van der Waals surface area (Å²) in [4.78, 5) is 29.1. The zero-order chi connectivity index (χ0) is 12.3. The summed E-state index contributed by atoms with van der Waals surface area (Å²) < 4.78 is 11.2. The maximum Gasteiger partial charge on any atom is 0.345 e. The van der Waals surface area contributed by atoms with Gasteiger partial charge in [-0.3, -0.25) is 19.9 Å². The molecule has 0 aromatic heterocycles. The van der Waals surface area contributed by atoms with Crippen LogP contribution in [0, 0.1) is 0 Å². The van der Waals surface area contributed by atoms with Crippen molar-refractivity contribution in [2.24, 2.45) is 0 Å². The largest absolute Gasteiger partial charge is 0.345 e. The van der Waals surface area contributed by atoms with Crippen LogP contribution < -0.4 is 10.8 Å². The van der Waals surface area contributed by atoms with E-state index in [4.69, 9.17) is 15.0 Å². The molecule has 0 radical (unpaired) electrons. The Kier molecular flexibility index (Phi) is 4.89. The first-order valence-corrected chi connectivity index (χ1v) is 6.06. The van der Waals surface area contributed by atoms with E-state index in [-0.39, 0.29) is 6.42 Å². The van der Waals surface area contributed by atoms with Gasteiger partial charge in [0.15, 0.2) is 0 Å². The Labute approximate surface area is 88.0 Å². The lowest BCUT2D eigenvalue weighted by atomic mass is 10.2. The summed E-state index contributed by atoms with van der Waals surface area (Å²) in [6.45, 7) is 4.32. The zero-order valence-corrected chi connectivity index (χ0v) is 9.78. The van der Waals surface area contributed by atoms with Crippen molar-refractivity contribution in [1.29, 1.82) is 0 Å².